The van der Waals surface area contributed by atoms with Gasteiger partial charge in [0.15, 0.2) is 0 Å². The Kier molecular flexibility index (Phi) is 7.46. The Morgan fingerprint density at radius 3 is 1.87 bits per heavy atom. The molecule has 1 aromatic carbocycles. The Hall–Kier alpha value is -2.69. The third kappa shape index (κ3) is 3.75. The van der Waals surface area contributed by atoms with Crippen LogP contribution in [0.1, 0.15) is 95.2 Å². The van der Waals surface area contributed by atoms with Crippen LogP contribution in [0.15, 0.2) is 41.6 Å². The van der Waals surface area contributed by atoms with E-state index in [0.717, 1.165) is 5.52 Å². The van der Waals surface area contributed by atoms with Gasteiger partial charge in [-0.3, -0.25) is 14.1 Å². The van der Waals surface area contributed by atoms with Crippen molar-refractivity contribution in [3.8, 4) is 0 Å². The fourth-order valence-electron chi connectivity index (χ4n) is 7.25. The largest absolute Gasteiger partial charge is 0.280 e. The first-order chi connectivity index (χ1) is 16.7. The van der Waals surface area contributed by atoms with Crippen LogP contribution in [0.4, 0.5) is 0 Å². The summed E-state index contributed by atoms with van der Waals surface area (Å²) in [6.07, 6.45) is 1.88. The summed E-state index contributed by atoms with van der Waals surface area (Å²) >= 11 is 0. The lowest BCUT2D eigenvalue weighted by atomic mass is 9.91. The van der Waals surface area contributed by atoms with Crippen LogP contribution in [0.2, 0.25) is 0 Å². The lowest BCUT2D eigenvalue weighted by Crippen LogP contribution is -2.47. The summed E-state index contributed by atoms with van der Waals surface area (Å²) in [5, 5.41) is 1.23. The third-order valence-corrected chi connectivity index (χ3v) is 10.2. The molecule has 6 rings (SSSR count). The summed E-state index contributed by atoms with van der Waals surface area (Å²) < 4.78 is 4.85. The minimum Gasteiger partial charge on any atom is -0.258 e. The summed E-state index contributed by atoms with van der Waals surface area (Å²) in [7, 11) is 4.43. The second kappa shape index (κ2) is 9.50. The standard InChI is InChI=1S/C18H22N3.C13H23N2.2CH4/c1-11-12(2)21-17(20(11)5)14-10-16-13(7-6-8-19-16)9-15(14)18(21,3)4;1-8-9(2)13(5,6)15-11(4)10(3)14(7)12(8)15;;/h6-12H,1-5H3;10-11H,1-7H3;2*1H4/q2*+1;;. The predicted molar refractivity (Wildman–Crippen MR) is 164 cm³/mol. The average Bonchev–Trinajstić information content (AvgIpc) is 3.38. The quantitative estimate of drug-likeness (QED) is 0.372. The molecule has 0 aliphatic carbocycles. The molecule has 5 heteroatoms. The molecular formula is C33H53N5+2. The van der Waals surface area contributed by atoms with Gasteiger partial charge in [-0.15, -0.1) is 0 Å². The van der Waals surface area contributed by atoms with E-state index in [1.807, 2.05) is 12.3 Å². The first-order valence-electron chi connectivity index (χ1n) is 13.6. The summed E-state index contributed by atoms with van der Waals surface area (Å²) in [6, 6.07) is 11.0. The van der Waals surface area contributed by atoms with Crippen molar-refractivity contribution >= 4 is 22.6 Å². The molecule has 0 fully saturated rings. The van der Waals surface area contributed by atoms with Gasteiger partial charge in [0.05, 0.1) is 25.2 Å². The molecule has 4 aliphatic rings. The van der Waals surface area contributed by atoms with Gasteiger partial charge in [0, 0.05) is 22.7 Å². The Labute approximate surface area is 232 Å². The SMILES string of the molecule is C.C.CC1=C(C)C(C)(C)N2C1=[N+](C)C(C)C2C.CC1C(C)[N+](C)=C2c3cc4ncccc4cc3C(C)(C)N21. The minimum absolute atomic E-state index is 0. The first-order valence-corrected chi connectivity index (χ1v) is 13.6. The molecule has 0 saturated carbocycles. The van der Waals surface area contributed by atoms with Crippen LogP contribution in [0, 0.1) is 0 Å². The summed E-state index contributed by atoms with van der Waals surface area (Å²) in [5.41, 5.74) is 7.07. The molecule has 0 bridgehead atoms. The smallest absolute Gasteiger partial charge is 0.258 e. The molecule has 0 saturated heterocycles. The maximum atomic E-state index is 4.53. The van der Waals surface area contributed by atoms with Crippen molar-refractivity contribution in [3.05, 3.63) is 52.7 Å². The molecule has 38 heavy (non-hydrogen) atoms. The molecule has 4 aliphatic heterocycles. The number of benzene rings is 1. The fourth-order valence-corrected chi connectivity index (χ4v) is 7.25. The lowest BCUT2D eigenvalue weighted by molar-refractivity contribution is -0.526. The number of nitrogens with zero attached hydrogens (tertiary/aromatic N) is 5. The van der Waals surface area contributed by atoms with Crippen molar-refractivity contribution in [3.63, 3.8) is 0 Å². The number of amidine groups is 2. The van der Waals surface area contributed by atoms with Gasteiger partial charge < -0.3 is 0 Å². The number of fused-ring (bicyclic) bond motifs is 5. The van der Waals surface area contributed by atoms with Crippen LogP contribution in [0.3, 0.4) is 0 Å². The second-order valence-corrected chi connectivity index (χ2v) is 12.5. The van der Waals surface area contributed by atoms with E-state index in [4.69, 9.17) is 0 Å². The van der Waals surface area contributed by atoms with Crippen molar-refractivity contribution in [2.24, 2.45) is 0 Å². The number of hydrogen-bond donors (Lipinski definition) is 0. The van der Waals surface area contributed by atoms with Crippen LogP contribution >= 0.6 is 0 Å². The van der Waals surface area contributed by atoms with Gasteiger partial charge in [-0.05, 0) is 93.0 Å². The zero-order valence-electron chi connectivity index (χ0n) is 24.4. The van der Waals surface area contributed by atoms with Crippen molar-refractivity contribution in [2.45, 2.75) is 119 Å². The number of likely N-dealkylation sites (N-methyl/N-ethyl adjacent to an activating group) is 2. The van der Waals surface area contributed by atoms with Crippen LogP contribution in [-0.2, 0) is 5.54 Å². The van der Waals surface area contributed by atoms with E-state index in [0.29, 0.717) is 24.2 Å². The predicted octanol–water partition coefficient (Wildman–Crippen LogP) is 6.49. The molecule has 5 nitrogen and oxygen atoms in total. The second-order valence-electron chi connectivity index (χ2n) is 12.5. The van der Waals surface area contributed by atoms with Gasteiger partial charge in [-0.2, -0.15) is 0 Å². The van der Waals surface area contributed by atoms with E-state index in [1.54, 1.807) is 0 Å². The Bertz CT molecular complexity index is 1360. The van der Waals surface area contributed by atoms with Crippen LogP contribution in [0.5, 0.6) is 0 Å². The van der Waals surface area contributed by atoms with Gasteiger partial charge in [-0.1, -0.05) is 20.9 Å². The molecule has 1 aromatic heterocycles. The van der Waals surface area contributed by atoms with Crippen molar-refractivity contribution in [1.82, 2.24) is 14.8 Å². The van der Waals surface area contributed by atoms with E-state index in [9.17, 15) is 0 Å². The molecule has 4 unspecified atom stereocenters. The molecule has 0 spiro atoms. The molecule has 0 N–H and O–H groups in total. The first kappa shape index (κ1) is 29.9. The third-order valence-electron chi connectivity index (χ3n) is 10.2. The minimum atomic E-state index is 0. The molecule has 208 valence electrons. The lowest BCUT2D eigenvalue weighted by Gasteiger charge is -2.30. The van der Waals surface area contributed by atoms with Gasteiger partial charge in [0.25, 0.3) is 11.7 Å². The van der Waals surface area contributed by atoms with E-state index >= 15 is 0 Å². The van der Waals surface area contributed by atoms with Gasteiger partial charge in [0.2, 0.25) is 0 Å². The maximum Gasteiger partial charge on any atom is 0.280 e. The molecular weight excluding hydrogens is 466 g/mol. The summed E-state index contributed by atoms with van der Waals surface area (Å²) in [5.74, 6) is 2.81. The van der Waals surface area contributed by atoms with Gasteiger partial charge in [-0.25, -0.2) is 9.80 Å². The van der Waals surface area contributed by atoms with Crippen LogP contribution < -0.4 is 0 Å². The number of aromatic nitrogens is 1. The van der Waals surface area contributed by atoms with Crippen molar-refractivity contribution < 1.29 is 9.15 Å². The zero-order chi connectivity index (χ0) is 26.5. The van der Waals surface area contributed by atoms with E-state index in [-0.39, 0.29) is 25.9 Å². The van der Waals surface area contributed by atoms with Crippen LogP contribution in [-0.4, -0.2) is 79.4 Å². The maximum absolute atomic E-state index is 4.53. The highest BCUT2D eigenvalue weighted by molar-refractivity contribution is 6.04. The highest BCUT2D eigenvalue weighted by atomic mass is 15.4. The molecule has 0 amide bonds. The zero-order valence-corrected chi connectivity index (χ0v) is 24.4. The topological polar surface area (TPSA) is 25.4 Å². The molecule has 4 atom stereocenters. The van der Waals surface area contributed by atoms with Crippen molar-refractivity contribution in [2.75, 3.05) is 14.1 Å². The Balaban J connectivity index is 0.000000211. The summed E-state index contributed by atoms with van der Waals surface area (Å²) in [6.45, 7) is 23.2. The van der Waals surface area contributed by atoms with E-state index in [1.165, 1.54) is 39.3 Å². The van der Waals surface area contributed by atoms with Gasteiger partial charge >= 0.3 is 0 Å². The number of hydrogen-bond acceptors (Lipinski definition) is 3. The molecule has 0 radical (unpaired) electrons. The highest BCUT2D eigenvalue weighted by Crippen LogP contribution is 2.45. The average molecular weight is 520 g/mol. The summed E-state index contributed by atoms with van der Waals surface area (Å²) in [4.78, 5) is 9.70. The monoisotopic (exact) mass is 519 g/mol. The molecule has 2 aromatic rings. The fraction of sp³-hybridized carbons (Fsp3) is 0.606. The number of pyridine rings is 1. The molecule has 5 heterocycles. The van der Waals surface area contributed by atoms with Crippen molar-refractivity contribution in [1.29, 1.82) is 0 Å². The van der Waals surface area contributed by atoms with E-state index < -0.39 is 0 Å². The number of rotatable bonds is 0. The highest BCUT2D eigenvalue weighted by Gasteiger charge is 2.57. The normalized spacial score (nSPS) is 28.1. The van der Waals surface area contributed by atoms with Crippen LogP contribution in [0.25, 0.3) is 10.9 Å². The Morgan fingerprint density at radius 2 is 1.32 bits per heavy atom. The van der Waals surface area contributed by atoms with E-state index in [2.05, 4.69) is 125 Å². The van der Waals surface area contributed by atoms with Gasteiger partial charge in [0.1, 0.15) is 35.2 Å². The Morgan fingerprint density at radius 1 is 0.789 bits per heavy atom.